The van der Waals surface area contributed by atoms with Gasteiger partial charge in [0.15, 0.2) is 5.96 Å². The number of hydrogen-bond donors (Lipinski definition) is 2. The summed E-state index contributed by atoms with van der Waals surface area (Å²) in [6, 6.07) is 1.10. The highest BCUT2D eigenvalue weighted by molar-refractivity contribution is 7.11. The van der Waals surface area contributed by atoms with Gasteiger partial charge >= 0.3 is 0 Å². The second-order valence-corrected chi connectivity index (χ2v) is 7.55. The quantitative estimate of drug-likeness (QED) is 0.536. The van der Waals surface area contributed by atoms with Crippen molar-refractivity contribution in [2.45, 2.75) is 60.0 Å². The van der Waals surface area contributed by atoms with Crippen molar-refractivity contribution in [3.8, 4) is 0 Å². The lowest BCUT2D eigenvalue weighted by atomic mass is 10.2. The molecule has 0 spiro atoms. The van der Waals surface area contributed by atoms with Crippen LogP contribution in [-0.2, 0) is 6.42 Å². The Labute approximate surface area is 145 Å². The molecule has 0 saturated carbocycles. The minimum atomic E-state index is 0.550. The molecule has 132 valence electrons. The second kappa shape index (κ2) is 10.6. The van der Waals surface area contributed by atoms with E-state index in [0.29, 0.717) is 12.1 Å². The van der Waals surface area contributed by atoms with Crippen molar-refractivity contribution in [3.63, 3.8) is 0 Å². The highest BCUT2D eigenvalue weighted by atomic mass is 32.1. The molecular weight excluding hydrogens is 306 g/mol. The summed E-state index contributed by atoms with van der Waals surface area (Å²) >= 11 is 1.76. The van der Waals surface area contributed by atoms with Crippen LogP contribution in [0.3, 0.4) is 0 Å². The molecule has 1 heterocycles. The first-order valence-electron chi connectivity index (χ1n) is 8.63. The number of aryl methyl sites for hydroxylation is 1. The molecule has 0 bridgehead atoms. The maximum atomic E-state index is 4.69. The van der Waals surface area contributed by atoms with Gasteiger partial charge in [0, 0.05) is 49.2 Å². The molecule has 6 heteroatoms. The fourth-order valence-corrected chi connectivity index (χ4v) is 3.32. The Hall–Kier alpha value is -1.14. The molecular formula is C17H33N5S. The molecule has 0 aliphatic heterocycles. The van der Waals surface area contributed by atoms with Gasteiger partial charge in [-0.05, 0) is 41.5 Å². The summed E-state index contributed by atoms with van der Waals surface area (Å²) in [4.78, 5) is 12.8. The summed E-state index contributed by atoms with van der Waals surface area (Å²) in [5.41, 5.74) is 0. The Morgan fingerprint density at radius 2 is 1.96 bits per heavy atom. The SMILES string of the molecule is CCNC(=NCCN(C(C)C)C(C)C)NCCc1ncc(C)s1. The van der Waals surface area contributed by atoms with Crippen LogP contribution < -0.4 is 10.6 Å². The molecule has 0 aliphatic rings. The van der Waals surface area contributed by atoms with Crippen molar-refractivity contribution >= 4 is 17.3 Å². The van der Waals surface area contributed by atoms with Crippen LogP contribution in [0, 0.1) is 6.92 Å². The normalized spacial score (nSPS) is 12.5. The molecule has 1 aromatic heterocycles. The lowest BCUT2D eigenvalue weighted by Crippen LogP contribution is -2.41. The second-order valence-electron chi connectivity index (χ2n) is 6.23. The van der Waals surface area contributed by atoms with Crippen LogP contribution in [0.15, 0.2) is 11.2 Å². The van der Waals surface area contributed by atoms with E-state index in [0.717, 1.165) is 38.6 Å². The van der Waals surface area contributed by atoms with E-state index in [1.54, 1.807) is 11.3 Å². The van der Waals surface area contributed by atoms with Gasteiger partial charge in [0.25, 0.3) is 0 Å². The molecule has 0 amide bonds. The first kappa shape index (κ1) is 19.9. The van der Waals surface area contributed by atoms with E-state index in [4.69, 9.17) is 4.99 Å². The average Bonchev–Trinajstić information content (AvgIpc) is 2.88. The molecule has 0 atom stereocenters. The molecule has 0 aromatic carbocycles. The van der Waals surface area contributed by atoms with Crippen LogP contribution in [0.1, 0.15) is 44.5 Å². The predicted octanol–water partition coefficient (Wildman–Crippen LogP) is 2.67. The van der Waals surface area contributed by atoms with Gasteiger partial charge in [-0.3, -0.25) is 9.89 Å². The van der Waals surface area contributed by atoms with Gasteiger partial charge in [0.1, 0.15) is 0 Å². The van der Waals surface area contributed by atoms with Crippen LogP contribution in [0.2, 0.25) is 0 Å². The summed E-state index contributed by atoms with van der Waals surface area (Å²) in [7, 11) is 0. The van der Waals surface area contributed by atoms with Crippen molar-refractivity contribution < 1.29 is 0 Å². The molecule has 1 rings (SSSR count). The zero-order valence-corrected chi connectivity index (χ0v) is 16.3. The topological polar surface area (TPSA) is 52.6 Å². The summed E-state index contributed by atoms with van der Waals surface area (Å²) in [6.45, 7) is 16.7. The minimum absolute atomic E-state index is 0.550. The summed E-state index contributed by atoms with van der Waals surface area (Å²) in [5, 5.41) is 7.88. The average molecular weight is 340 g/mol. The van der Waals surface area contributed by atoms with E-state index in [-0.39, 0.29) is 0 Å². The van der Waals surface area contributed by atoms with Gasteiger partial charge in [-0.15, -0.1) is 11.3 Å². The van der Waals surface area contributed by atoms with Crippen molar-refractivity contribution in [2.75, 3.05) is 26.2 Å². The summed E-state index contributed by atoms with van der Waals surface area (Å²) < 4.78 is 0. The van der Waals surface area contributed by atoms with Crippen LogP contribution in [0.5, 0.6) is 0 Å². The fraction of sp³-hybridized carbons (Fsp3) is 0.765. The highest BCUT2D eigenvalue weighted by Gasteiger charge is 2.12. The van der Waals surface area contributed by atoms with Gasteiger partial charge in [-0.1, -0.05) is 0 Å². The number of guanidine groups is 1. The standard InChI is InChI=1S/C17H33N5S/c1-7-18-17(19-9-8-16-21-12-15(6)23-16)20-10-11-22(13(2)3)14(4)5/h12-14H,7-11H2,1-6H3,(H2,18,19,20). The number of rotatable bonds is 9. The first-order chi connectivity index (χ1) is 10.9. The number of aromatic nitrogens is 1. The number of nitrogens with zero attached hydrogens (tertiary/aromatic N) is 3. The van der Waals surface area contributed by atoms with E-state index in [1.807, 2.05) is 6.20 Å². The fourth-order valence-electron chi connectivity index (χ4n) is 2.54. The Morgan fingerprint density at radius 1 is 1.26 bits per heavy atom. The lowest BCUT2D eigenvalue weighted by Gasteiger charge is -2.29. The summed E-state index contributed by atoms with van der Waals surface area (Å²) in [5.74, 6) is 0.897. The molecule has 23 heavy (non-hydrogen) atoms. The lowest BCUT2D eigenvalue weighted by molar-refractivity contribution is 0.181. The molecule has 1 aromatic rings. The van der Waals surface area contributed by atoms with E-state index in [2.05, 4.69) is 62.1 Å². The number of thiazole rings is 1. The molecule has 2 N–H and O–H groups in total. The Kier molecular flexibility index (Phi) is 9.17. The molecule has 5 nitrogen and oxygen atoms in total. The number of nitrogens with one attached hydrogen (secondary N) is 2. The van der Waals surface area contributed by atoms with Crippen LogP contribution in [0.25, 0.3) is 0 Å². The van der Waals surface area contributed by atoms with Crippen LogP contribution in [-0.4, -0.2) is 54.1 Å². The van der Waals surface area contributed by atoms with E-state index in [1.165, 1.54) is 9.88 Å². The van der Waals surface area contributed by atoms with Crippen LogP contribution in [0.4, 0.5) is 0 Å². The van der Waals surface area contributed by atoms with Gasteiger partial charge in [-0.25, -0.2) is 4.98 Å². The number of hydrogen-bond acceptors (Lipinski definition) is 4. The molecule has 0 fully saturated rings. The third-order valence-electron chi connectivity index (χ3n) is 3.60. The third-order valence-corrected chi connectivity index (χ3v) is 4.57. The van der Waals surface area contributed by atoms with E-state index >= 15 is 0 Å². The van der Waals surface area contributed by atoms with Crippen LogP contribution >= 0.6 is 11.3 Å². The smallest absolute Gasteiger partial charge is 0.191 e. The first-order valence-corrected chi connectivity index (χ1v) is 9.44. The molecule has 0 unspecified atom stereocenters. The molecule has 0 aliphatic carbocycles. The zero-order valence-electron chi connectivity index (χ0n) is 15.5. The Balaban J connectivity index is 2.43. The van der Waals surface area contributed by atoms with Crippen molar-refractivity contribution in [2.24, 2.45) is 4.99 Å². The van der Waals surface area contributed by atoms with Crippen molar-refractivity contribution in [3.05, 3.63) is 16.1 Å². The Morgan fingerprint density at radius 3 is 2.48 bits per heavy atom. The molecule has 0 radical (unpaired) electrons. The largest absolute Gasteiger partial charge is 0.357 e. The Bertz CT molecular complexity index is 459. The van der Waals surface area contributed by atoms with Crippen molar-refractivity contribution in [1.82, 2.24) is 20.5 Å². The predicted molar refractivity (Wildman–Crippen MR) is 102 cm³/mol. The van der Waals surface area contributed by atoms with Gasteiger partial charge < -0.3 is 10.6 Å². The maximum Gasteiger partial charge on any atom is 0.191 e. The summed E-state index contributed by atoms with van der Waals surface area (Å²) in [6.07, 6.45) is 2.87. The minimum Gasteiger partial charge on any atom is -0.357 e. The maximum absolute atomic E-state index is 4.69. The zero-order chi connectivity index (χ0) is 17.2. The highest BCUT2D eigenvalue weighted by Crippen LogP contribution is 2.10. The van der Waals surface area contributed by atoms with E-state index < -0.39 is 0 Å². The third kappa shape index (κ3) is 7.79. The monoisotopic (exact) mass is 339 g/mol. The molecule has 0 saturated heterocycles. The van der Waals surface area contributed by atoms with Gasteiger partial charge in [0.05, 0.1) is 11.6 Å². The van der Waals surface area contributed by atoms with E-state index in [9.17, 15) is 0 Å². The van der Waals surface area contributed by atoms with Gasteiger partial charge in [0.2, 0.25) is 0 Å². The van der Waals surface area contributed by atoms with Gasteiger partial charge in [-0.2, -0.15) is 0 Å². The van der Waals surface area contributed by atoms with Crippen molar-refractivity contribution in [1.29, 1.82) is 0 Å². The number of aliphatic imine (C=N–C) groups is 1.